The van der Waals surface area contributed by atoms with Crippen molar-refractivity contribution in [1.82, 2.24) is 10.6 Å². The fourth-order valence-corrected chi connectivity index (χ4v) is 1.36. The second-order valence-corrected chi connectivity index (χ2v) is 6.70. The Bertz CT molecular complexity index is 227. The van der Waals surface area contributed by atoms with Crippen LogP contribution in [0.2, 0.25) is 0 Å². The van der Waals surface area contributed by atoms with Crippen LogP contribution in [-0.2, 0) is 0 Å². The van der Waals surface area contributed by atoms with Gasteiger partial charge in [-0.05, 0) is 46.0 Å². The molecule has 0 aliphatic heterocycles. The molecule has 0 fully saturated rings. The summed E-state index contributed by atoms with van der Waals surface area (Å²) in [5.41, 5.74) is 0.166. The Morgan fingerprint density at radius 1 is 1.00 bits per heavy atom. The van der Waals surface area contributed by atoms with Crippen LogP contribution in [0.15, 0.2) is 0 Å². The highest BCUT2D eigenvalue weighted by Gasteiger charge is 2.23. The van der Waals surface area contributed by atoms with Gasteiger partial charge in [0.1, 0.15) is 0 Å². The Morgan fingerprint density at radius 2 is 1.44 bits per heavy atom. The SMILES string of the molecule is CC.CC(C)NC(=O)NC(C)(C)CCC(C)(C)C. The number of rotatable bonds is 4. The Hall–Kier alpha value is -0.730. The van der Waals surface area contributed by atoms with Gasteiger partial charge in [0.15, 0.2) is 0 Å². The maximum atomic E-state index is 11.6. The van der Waals surface area contributed by atoms with E-state index in [-0.39, 0.29) is 17.6 Å². The highest BCUT2D eigenvalue weighted by Crippen LogP contribution is 2.25. The first-order valence-electron chi connectivity index (χ1n) is 7.10. The van der Waals surface area contributed by atoms with E-state index in [1.165, 1.54) is 0 Å². The molecule has 0 bridgehead atoms. The molecule has 0 aromatic heterocycles. The van der Waals surface area contributed by atoms with Crippen molar-refractivity contribution in [2.75, 3.05) is 0 Å². The van der Waals surface area contributed by atoms with E-state index < -0.39 is 0 Å². The molecule has 2 N–H and O–H groups in total. The van der Waals surface area contributed by atoms with E-state index in [1.54, 1.807) is 0 Å². The summed E-state index contributed by atoms with van der Waals surface area (Å²) in [6, 6.07) is 0.104. The van der Waals surface area contributed by atoms with Crippen LogP contribution in [0.5, 0.6) is 0 Å². The summed E-state index contributed by atoms with van der Waals surface area (Å²) in [4.78, 5) is 11.6. The molecule has 110 valence electrons. The average Bonchev–Trinajstić information content (AvgIpc) is 2.15. The Labute approximate surface area is 114 Å². The van der Waals surface area contributed by atoms with Gasteiger partial charge in [0.25, 0.3) is 0 Å². The predicted octanol–water partition coefficient (Wildman–Crippen LogP) is 4.33. The summed E-state index contributed by atoms with van der Waals surface area (Å²) < 4.78 is 0. The number of carbonyl (C=O) groups excluding carboxylic acids is 1. The summed E-state index contributed by atoms with van der Waals surface area (Å²) >= 11 is 0. The molecular weight excluding hydrogens is 224 g/mol. The number of urea groups is 1. The van der Waals surface area contributed by atoms with E-state index in [2.05, 4.69) is 45.3 Å². The van der Waals surface area contributed by atoms with Crippen molar-refractivity contribution in [1.29, 1.82) is 0 Å². The van der Waals surface area contributed by atoms with E-state index in [4.69, 9.17) is 0 Å². The quantitative estimate of drug-likeness (QED) is 0.774. The largest absolute Gasteiger partial charge is 0.336 e. The average molecular weight is 258 g/mol. The van der Waals surface area contributed by atoms with E-state index >= 15 is 0 Å². The Morgan fingerprint density at radius 3 is 1.78 bits per heavy atom. The van der Waals surface area contributed by atoms with E-state index in [0.717, 1.165) is 12.8 Å². The fourth-order valence-electron chi connectivity index (χ4n) is 1.36. The molecule has 0 aliphatic rings. The van der Waals surface area contributed by atoms with Gasteiger partial charge >= 0.3 is 6.03 Å². The van der Waals surface area contributed by atoms with Crippen molar-refractivity contribution in [2.45, 2.75) is 86.7 Å². The highest BCUT2D eigenvalue weighted by molar-refractivity contribution is 5.74. The van der Waals surface area contributed by atoms with Gasteiger partial charge in [-0.3, -0.25) is 0 Å². The molecule has 2 amide bonds. The lowest BCUT2D eigenvalue weighted by molar-refractivity contribution is 0.219. The van der Waals surface area contributed by atoms with Gasteiger partial charge in [0, 0.05) is 11.6 Å². The summed E-state index contributed by atoms with van der Waals surface area (Å²) in [6.45, 7) is 18.7. The third-order valence-electron chi connectivity index (χ3n) is 2.37. The van der Waals surface area contributed by atoms with Crippen LogP contribution >= 0.6 is 0 Å². The first-order valence-corrected chi connectivity index (χ1v) is 7.10. The minimum atomic E-state index is -0.147. The minimum absolute atomic E-state index is 0.0751. The molecule has 0 saturated carbocycles. The van der Waals surface area contributed by atoms with Gasteiger partial charge in [-0.2, -0.15) is 0 Å². The van der Waals surface area contributed by atoms with Crippen LogP contribution in [0.25, 0.3) is 0 Å². The lowest BCUT2D eigenvalue weighted by Crippen LogP contribution is -2.50. The molecular formula is C15H34N2O. The smallest absolute Gasteiger partial charge is 0.315 e. The number of amides is 2. The molecule has 18 heavy (non-hydrogen) atoms. The summed E-state index contributed by atoms with van der Waals surface area (Å²) in [5.74, 6) is 0. The molecule has 0 aliphatic carbocycles. The first kappa shape index (κ1) is 19.6. The van der Waals surface area contributed by atoms with Crippen molar-refractivity contribution in [3.05, 3.63) is 0 Å². The van der Waals surface area contributed by atoms with Crippen molar-refractivity contribution in [2.24, 2.45) is 5.41 Å². The molecule has 0 aromatic carbocycles. The maximum absolute atomic E-state index is 11.6. The zero-order chi connectivity index (χ0) is 15.0. The van der Waals surface area contributed by atoms with E-state index in [0.29, 0.717) is 5.41 Å². The van der Waals surface area contributed by atoms with E-state index in [9.17, 15) is 4.79 Å². The second-order valence-electron chi connectivity index (χ2n) is 6.70. The molecule has 3 nitrogen and oxygen atoms in total. The summed E-state index contributed by atoms with van der Waals surface area (Å²) in [5, 5.41) is 5.86. The van der Waals surface area contributed by atoms with Crippen LogP contribution in [-0.4, -0.2) is 17.6 Å². The molecule has 0 radical (unpaired) electrons. The van der Waals surface area contributed by atoms with Gasteiger partial charge in [-0.25, -0.2) is 4.79 Å². The van der Waals surface area contributed by atoms with Crippen molar-refractivity contribution >= 4 is 6.03 Å². The van der Waals surface area contributed by atoms with Crippen molar-refractivity contribution in [3.63, 3.8) is 0 Å². The van der Waals surface area contributed by atoms with Crippen LogP contribution in [0.3, 0.4) is 0 Å². The number of nitrogens with one attached hydrogen (secondary N) is 2. The standard InChI is InChI=1S/C13H28N2O.C2H6/c1-10(2)14-11(16)15-13(6,7)9-8-12(3,4)5;1-2/h10H,8-9H2,1-7H3,(H2,14,15,16);1-2H3. The van der Waals surface area contributed by atoms with Gasteiger partial charge < -0.3 is 10.6 Å². The third kappa shape index (κ3) is 13.3. The lowest BCUT2D eigenvalue weighted by Gasteiger charge is -2.30. The van der Waals surface area contributed by atoms with Crippen LogP contribution < -0.4 is 10.6 Å². The van der Waals surface area contributed by atoms with Gasteiger partial charge in [0.2, 0.25) is 0 Å². The minimum Gasteiger partial charge on any atom is -0.336 e. The van der Waals surface area contributed by atoms with Crippen molar-refractivity contribution < 1.29 is 4.79 Å². The summed E-state index contributed by atoms with van der Waals surface area (Å²) in [7, 11) is 0. The Kier molecular flexibility index (Phi) is 9.13. The molecule has 0 unspecified atom stereocenters. The molecule has 0 rings (SSSR count). The Balaban J connectivity index is 0. The van der Waals surface area contributed by atoms with Crippen molar-refractivity contribution in [3.8, 4) is 0 Å². The van der Waals surface area contributed by atoms with E-state index in [1.807, 2.05) is 27.7 Å². The number of hydrogen-bond acceptors (Lipinski definition) is 1. The highest BCUT2D eigenvalue weighted by atomic mass is 16.2. The van der Waals surface area contributed by atoms with Gasteiger partial charge in [-0.15, -0.1) is 0 Å². The normalized spacial score (nSPS) is 11.7. The zero-order valence-corrected chi connectivity index (χ0v) is 13.9. The van der Waals surface area contributed by atoms with Crippen LogP contribution in [0.1, 0.15) is 75.2 Å². The third-order valence-corrected chi connectivity index (χ3v) is 2.37. The number of carbonyl (C=O) groups is 1. The first-order chi connectivity index (χ1) is 8.02. The molecule has 0 aromatic rings. The van der Waals surface area contributed by atoms with Crippen LogP contribution in [0.4, 0.5) is 4.79 Å². The fraction of sp³-hybridized carbons (Fsp3) is 0.933. The topological polar surface area (TPSA) is 41.1 Å². The summed E-state index contributed by atoms with van der Waals surface area (Å²) in [6.07, 6.45) is 2.09. The van der Waals surface area contributed by atoms with Gasteiger partial charge in [0.05, 0.1) is 0 Å². The molecule has 0 heterocycles. The number of hydrogen-bond donors (Lipinski definition) is 2. The molecule has 0 saturated heterocycles. The van der Waals surface area contributed by atoms with Crippen LogP contribution in [0, 0.1) is 5.41 Å². The monoisotopic (exact) mass is 258 g/mol. The second kappa shape index (κ2) is 8.39. The molecule has 0 spiro atoms. The molecule has 0 atom stereocenters. The lowest BCUT2D eigenvalue weighted by atomic mass is 9.85. The zero-order valence-electron chi connectivity index (χ0n) is 13.9. The maximum Gasteiger partial charge on any atom is 0.315 e. The predicted molar refractivity (Wildman–Crippen MR) is 80.9 cm³/mol. The van der Waals surface area contributed by atoms with Gasteiger partial charge in [-0.1, -0.05) is 34.6 Å². The molecule has 3 heteroatoms.